The molecule has 7 heteroatoms. The zero-order valence-electron chi connectivity index (χ0n) is 19.0. The molecule has 3 aromatic heterocycles. The molecule has 4 heterocycles. The van der Waals surface area contributed by atoms with E-state index in [2.05, 4.69) is 51.3 Å². The molecule has 168 valence electrons. The summed E-state index contributed by atoms with van der Waals surface area (Å²) in [6, 6.07) is 10.8. The lowest BCUT2D eigenvalue weighted by molar-refractivity contribution is 0.363. The van der Waals surface area contributed by atoms with Crippen LogP contribution in [0.5, 0.6) is 0 Å². The van der Waals surface area contributed by atoms with Crippen molar-refractivity contribution in [3.63, 3.8) is 0 Å². The van der Waals surface area contributed by atoms with Gasteiger partial charge in [0.1, 0.15) is 11.3 Å². The third kappa shape index (κ3) is 3.66. The predicted octanol–water partition coefficient (Wildman–Crippen LogP) is 4.20. The summed E-state index contributed by atoms with van der Waals surface area (Å²) < 4.78 is 0. The van der Waals surface area contributed by atoms with Crippen molar-refractivity contribution in [1.29, 1.82) is 0 Å². The number of aromatic amines is 1. The normalized spacial score (nSPS) is 20.1. The molecule has 3 N–H and O–H groups in total. The van der Waals surface area contributed by atoms with Gasteiger partial charge in [0.05, 0.1) is 11.9 Å². The second-order valence-electron chi connectivity index (χ2n) is 9.74. The van der Waals surface area contributed by atoms with Gasteiger partial charge in [-0.15, -0.1) is 0 Å². The van der Waals surface area contributed by atoms with E-state index in [1.54, 1.807) is 0 Å². The topological polar surface area (TPSA) is 96.6 Å². The predicted molar refractivity (Wildman–Crippen MR) is 130 cm³/mol. The molecule has 7 nitrogen and oxygen atoms in total. The fourth-order valence-corrected chi connectivity index (χ4v) is 5.39. The number of benzene rings is 1. The number of fused-ring (bicyclic) bond motifs is 2. The number of nitrogens with two attached hydrogens (primary N) is 1. The average Bonchev–Trinajstić information content (AvgIpc) is 3.27. The van der Waals surface area contributed by atoms with Crippen molar-refractivity contribution in [2.45, 2.75) is 50.5 Å². The highest BCUT2D eigenvalue weighted by molar-refractivity contribution is 5.77. The molecule has 1 aromatic carbocycles. The molecule has 1 saturated heterocycles. The van der Waals surface area contributed by atoms with E-state index in [1.807, 2.05) is 24.7 Å². The fourth-order valence-electron chi connectivity index (χ4n) is 5.39. The van der Waals surface area contributed by atoms with E-state index in [-0.39, 0.29) is 11.5 Å². The van der Waals surface area contributed by atoms with Crippen LogP contribution in [0.4, 0.5) is 5.82 Å². The van der Waals surface area contributed by atoms with Crippen LogP contribution in [0.15, 0.2) is 48.9 Å². The van der Waals surface area contributed by atoms with Crippen LogP contribution in [0.3, 0.4) is 0 Å². The van der Waals surface area contributed by atoms with Crippen molar-refractivity contribution in [3.05, 3.63) is 65.7 Å². The van der Waals surface area contributed by atoms with Crippen LogP contribution in [0.25, 0.3) is 22.3 Å². The maximum Gasteiger partial charge on any atom is 0.201 e. The molecule has 4 aromatic rings. The Morgan fingerprint density at radius 1 is 1.12 bits per heavy atom. The SMILES string of the molecule is CC1(N)CCN(c2cnc3c(C4CCCc5c(-c6cccnc6)cccc54)[nH]nc3n2)CC1. The number of anilines is 1. The number of hydrogen-bond donors (Lipinski definition) is 2. The van der Waals surface area contributed by atoms with Gasteiger partial charge in [0.15, 0.2) is 0 Å². The fraction of sp³-hybridized carbons (Fsp3) is 0.385. The van der Waals surface area contributed by atoms with Crippen molar-refractivity contribution in [2.75, 3.05) is 18.0 Å². The van der Waals surface area contributed by atoms with E-state index < -0.39 is 0 Å². The summed E-state index contributed by atoms with van der Waals surface area (Å²) in [4.78, 5) is 16.3. The Morgan fingerprint density at radius 2 is 2.00 bits per heavy atom. The number of aromatic nitrogens is 5. The quantitative estimate of drug-likeness (QED) is 0.497. The van der Waals surface area contributed by atoms with Crippen molar-refractivity contribution in [2.24, 2.45) is 5.73 Å². The van der Waals surface area contributed by atoms with Gasteiger partial charge in [0, 0.05) is 42.5 Å². The van der Waals surface area contributed by atoms with Crippen molar-refractivity contribution in [1.82, 2.24) is 25.1 Å². The molecule has 0 bridgehead atoms. The van der Waals surface area contributed by atoms with Crippen LogP contribution in [0.1, 0.15) is 55.3 Å². The van der Waals surface area contributed by atoms with Gasteiger partial charge in [-0.05, 0) is 61.8 Å². The second kappa shape index (κ2) is 7.92. The molecule has 1 atom stereocenters. The Hall–Kier alpha value is -3.32. The largest absolute Gasteiger partial charge is 0.355 e. The molecule has 2 aliphatic rings. The summed E-state index contributed by atoms with van der Waals surface area (Å²) >= 11 is 0. The third-order valence-corrected chi connectivity index (χ3v) is 7.34. The van der Waals surface area contributed by atoms with Crippen LogP contribution in [0, 0.1) is 0 Å². The first-order valence-electron chi connectivity index (χ1n) is 11.9. The standard InChI is InChI=1S/C26H29N7/c1-26(27)10-13-33(14-11-26)22-16-29-24-23(31-32-25(24)30-22)21-9-3-7-19-18(6-2-8-20(19)21)17-5-4-12-28-15-17/h2,4-6,8,12,15-16,21H,3,7,9-11,13-14,27H2,1H3,(H,30,31,32). The summed E-state index contributed by atoms with van der Waals surface area (Å²) in [7, 11) is 0. The minimum Gasteiger partial charge on any atom is -0.355 e. The summed E-state index contributed by atoms with van der Waals surface area (Å²) in [5, 5.41) is 7.87. The Kier molecular flexibility index (Phi) is 4.87. The summed E-state index contributed by atoms with van der Waals surface area (Å²) in [6.45, 7) is 3.93. The number of pyridine rings is 1. The van der Waals surface area contributed by atoms with Gasteiger partial charge in [-0.3, -0.25) is 10.1 Å². The third-order valence-electron chi connectivity index (χ3n) is 7.34. The number of nitrogens with one attached hydrogen (secondary N) is 1. The number of rotatable bonds is 3. The molecule has 33 heavy (non-hydrogen) atoms. The Bertz CT molecular complexity index is 1280. The minimum absolute atomic E-state index is 0.0867. The molecule has 0 amide bonds. The van der Waals surface area contributed by atoms with E-state index in [1.165, 1.54) is 22.3 Å². The lowest BCUT2D eigenvalue weighted by Crippen LogP contribution is -2.48. The Labute approximate surface area is 193 Å². The molecular weight excluding hydrogens is 410 g/mol. The zero-order chi connectivity index (χ0) is 22.4. The highest BCUT2D eigenvalue weighted by atomic mass is 15.2. The number of piperidine rings is 1. The second-order valence-corrected chi connectivity index (χ2v) is 9.74. The van der Waals surface area contributed by atoms with Crippen LogP contribution in [-0.4, -0.2) is 43.8 Å². The lowest BCUT2D eigenvalue weighted by Gasteiger charge is -2.37. The van der Waals surface area contributed by atoms with Gasteiger partial charge >= 0.3 is 0 Å². The van der Waals surface area contributed by atoms with Gasteiger partial charge in [-0.1, -0.05) is 24.3 Å². The highest BCUT2D eigenvalue weighted by Gasteiger charge is 2.29. The summed E-state index contributed by atoms with van der Waals surface area (Å²) in [5.74, 6) is 1.13. The molecule has 0 spiro atoms. The summed E-state index contributed by atoms with van der Waals surface area (Å²) in [5.41, 5.74) is 14.1. The monoisotopic (exact) mass is 439 g/mol. The molecule has 0 radical (unpaired) electrons. The minimum atomic E-state index is -0.0867. The van der Waals surface area contributed by atoms with Crippen molar-refractivity contribution < 1.29 is 0 Å². The maximum atomic E-state index is 6.30. The number of nitrogens with zero attached hydrogens (tertiary/aromatic N) is 5. The number of H-pyrrole nitrogens is 1. The van der Waals surface area contributed by atoms with E-state index in [0.717, 1.165) is 62.2 Å². The molecule has 1 aliphatic heterocycles. The van der Waals surface area contributed by atoms with E-state index >= 15 is 0 Å². The van der Waals surface area contributed by atoms with Gasteiger partial charge in [-0.2, -0.15) is 5.10 Å². The van der Waals surface area contributed by atoms with E-state index in [9.17, 15) is 0 Å². The Balaban J connectivity index is 1.35. The van der Waals surface area contributed by atoms with Gasteiger partial charge in [0.25, 0.3) is 0 Å². The Morgan fingerprint density at radius 3 is 2.82 bits per heavy atom. The van der Waals surface area contributed by atoms with Crippen LogP contribution < -0.4 is 10.6 Å². The molecule has 6 rings (SSSR count). The van der Waals surface area contributed by atoms with Crippen LogP contribution >= 0.6 is 0 Å². The maximum absolute atomic E-state index is 6.30. The molecular formula is C26H29N7. The number of hydrogen-bond acceptors (Lipinski definition) is 6. The first-order valence-corrected chi connectivity index (χ1v) is 11.9. The first-order chi connectivity index (χ1) is 16.1. The zero-order valence-corrected chi connectivity index (χ0v) is 19.0. The smallest absolute Gasteiger partial charge is 0.201 e. The summed E-state index contributed by atoms with van der Waals surface area (Å²) in [6.07, 6.45) is 10.9. The average molecular weight is 440 g/mol. The van der Waals surface area contributed by atoms with Gasteiger partial charge in [-0.25, -0.2) is 9.97 Å². The van der Waals surface area contributed by atoms with Crippen molar-refractivity contribution >= 4 is 17.0 Å². The van der Waals surface area contributed by atoms with E-state index in [0.29, 0.717) is 5.65 Å². The highest BCUT2D eigenvalue weighted by Crippen LogP contribution is 2.41. The molecule has 1 fully saturated rings. The van der Waals surface area contributed by atoms with Gasteiger partial charge < -0.3 is 10.6 Å². The van der Waals surface area contributed by atoms with Crippen molar-refractivity contribution in [3.8, 4) is 11.1 Å². The molecule has 1 aliphatic carbocycles. The first kappa shape index (κ1) is 20.3. The molecule has 1 unspecified atom stereocenters. The van der Waals surface area contributed by atoms with Gasteiger partial charge in [0.2, 0.25) is 5.65 Å². The molecule has 0 saturated carbocycles. The van der Waals surface area contributed by atoms with Crippen LogP contribution in [-0.2, 0) is 6.42 Å². The van der Waals surface area contributed by atoms with E-state index in [4.69, 9.17) is 15.7 Å². The lowest BCUT2D eigenvalue weighted by atomic mass is 9.78. The van der Waals surface area contributed by atoms with Crippen LogP contribution in [0.2, 0.25) is 0 Å².